The Morgan fingerprint density at radius 3 is 1.75 bits per heavy atom. The summed E-state index contributed by atoms with van der Waals surface area (Å²) in [5.41, 5.74) is 6.14. The van der Waals surface area contributed by atoms with Crippen molar-refractivity contribution < 1.29 is 43.5 Å². The molecule has 52 heavy (non-hydrogen) atoms. The number of hydrogen-bond donors (Lipinski definition) is 8. The van der Waals surface area contributed by atoms with Crippen LogP contribution < -0.4 is 37.6 Å². The molecule has 288 valence electrons. The van der Waals surface area contributed by atoms with Gasteiger partial charge >= 0.3 is 0 Å². The van der Waals surface area contributed by atoms with Gasteiger partial charge in [0.25, 0.3) is 0 Å². The van der Waals surface area contributed by atoms with Crippen molar-refractivity contribution in [2.24, 2.45) is 23.5 Å². The zero-order chi connectivity index (χ0) is 39.1. The fourth-order valence-electron chi connectivity index (χ4n) is 5.65. The number of nitrogens with one attached hydrogen (secondary N) is 6. The molecule has 1 aromatic carbocycles. The highest BCUT2D eigenvalue weighted by molar-refractivity contribution is 6.12. The summed E-state index contributed by atoms with van der Waals surface area (Å²) in [4.78, 5) is 102. The molecule has 0 aromatic heterocycles. The minimum atomic E-state index is -1.37. The zero-order valence-corrected chi connectivity index (χ0v) is 30.8. The van der Waals surface area contributed by atoms with E-state index >= 15 is 0 Å². The predicted molar refractivity (Wildman–Crippen MR) is 191 cm³/mol. The Hall–Kier alpha value is -4.70. The second-order valence-corrected chi connectivity index (χ2v) is 14.3. The van der Waals surface area contributed by atoms with E-state index in [2.05, 4.69) is 31.9 Å². The monoisotopic (exact) mass is 729 g/mol. The number of benzene rings is 1. The first-order valence-corrected chi connectivity index (χ1v) is 17.7. The summed E-state index contributed by atoms with van der Waals surface area (Å²) < 4.78 is 0. The first-order chi connectivity index (χ1) is 24.4. The molecule has 5 atom stereocenters. The molecule has 1 fully saturated rings. The van der Waals surface area contributed by atoms with E-state index in [0.29, 0.717) is 12.0 Å². The van der Waals surface area contributed by atoms with Gasteiger partial charge in [-0.25, -0.2) is 0 Å². The van der Waals surface area contributed by atoms with Crippen LogP contribution in [0.2, 0.25) is 0 Å². The first-order valence-electron chi connectivity index (χ1n) is 17.7. The quantitative estimate of drug-likeness (QED) is 0.0700. The number of amides is 6. The van der Waals surface area contributed by atoms with Crippen molar-refractivity contribution in [3.63, 3.8) is 0 Å². The van der Waals surface area contributed by atoms with E-state index in [1.165, 1.54) is 0 Å². The number of primary amides is 1. The Balaban J connectivity index is 2.14. The zero-order valence-electron chi connectivity index (χ0n) is 30.8. The van der Waals surface area contributed by atoms with Crippen molar-refractivity contribution >= 4 is 47.0 Å². The topological polar surface area (TPSA) is 255 Å². The molecule has 1 aromatic rings. The molecule has 1 aliphatic carbocycles. The molecule has 2 rings (SSSR count). The van der Waals surface area contributed by atoms with Gasteiger partial charge in [-0.1, -0.05) is 71.9 Å². The number of ketones is 2. The maximum atomic E-state index is 13.7. The molecule has 1 aliphatic rings. The summed E-state index contributed by atoms with van der Waals surface area (Å²) >= 11 is 0. The molecule has 0 unspecified atom stereocenters. The Bertz CT molecular complexity index is 1420. The Kier molecular flexibility index (Phi) is 17.5. The van der Waals surface area contributed by atoms with E-state index in [1.54, 1.807) is 44.2 Å². The first kappa shape index (κ1) is 43.5. The third-order valence-electron chi connectivity index (χ3n) is 8.44. The summed E-state index contributed by atoms with van der Waals surface area (Å²) in [6.07, 6.45) is 0.620. The lowest BCUT2D eigenvalue weighted by molar-refractivity contribution is -0.134. The molecule has 0 bridgehead atoms. The SMILES string of the molecule is CC(C)C[C@H](NC(=O)[C@H](CC(C)C)NC(=O)CNC(=O)[C@@H](NC(=O)[C@H](Cc1ccccc1)NC(=O)[C@H](CO)NC1C(=O)CCC1=O)C(C)C)C(N)=O. The summed E-state index contributed by atoms with van der Waals surface area (Å²) in [5, 5.41) is 25.4. The molecule has 0 heterocycles. The summed E-state index contributed by atoms with van der Waals surface area (Å²) in [6.45, 7) is 9.52. The van der Waals surface area contributed by atoms with Crippen LogP contribution in [0.25, 0.3) is 0 Å². The van der Waals surface area contributed by atoms with Crippen LogP contribution in [-0.2, 0) is 44.8 Å². The van der Waals surface area contributed by atoms with Crippen LogP contribution in [-0.4, -0.2) is 102 Å². The fraction of sp³-hybridized carbons (Fsp3) is 0.611. The molecule has 16 heteroatoms. The lowest BCUT2D eigenvalue weighted by Gasteiger charge is -2.27. The lowest BCUT2D eigenvalue weighted by Crippen LogP contribution is -2.60. The molecule has 9 N–H and O–H groups in total. The highest BCUT2D eigenvalue weighted by atomic mass is 16.3. The number of carbonyl (C=O) groups excluding carboxylic acids is 8. The Labute approximate surface area is 304 Å². The molecular formula is C36H55N7O9. The highest BCUT2D eigenvalue weighted by Gasteiger charge is 2.37. The number of rotatable bonds is 21. The van der Waals surface area contributed by atoms with Gasteiger partial charge < -0.3 is 37.4 Å². The molecule has 0 spiro atoms. The minimum absolute atomic E-state index is 0.000224. The maximum absolute atomic E-state index is 13.7. The van der Waals surface area contributed by atoms with Crippen LogP contribution in [0.5, 0.6) is 0 Å². The predicted octanol–water partition coefficient (Wildman–Crippen LogP) is -1.23. The van der Waals surface area contributed by atoms with Gasteiger partial charge in [-0.3, -0.25) is 43.7 Å². The van der Waals surface area contributed by atoms with Crippen molar-refractivity contribution in [1.82, 2.24) is 31.9 Å². The lowest BCUT2D eigenvalue weighted by atomic mass is 10.00. The maximum Gasteiger partial charge on any atom is 0.243 e. The molecule has 0 aliphatic heterocycles. The van der Waals surface area contributed by atoms with E-state index in [1.807, 2.05) is 27.7 Å². The number of nitrogens with two attached hydrogens (primary N) is 1. The van der Waals surface area contributed by atoms with Gasteiger partial charge in [0.15, 0.2) is 11.6 Å². The molecular weight excluding hydrogens is 674 g/mol. The van der Waals surface area contributed by atoms with Gasteiger partial charge in [0, 0.05) is 19.3 Å². The second-order valence-electron chi connectivity index (χ2n) is 14.3. The third-order valence-corrected chi connectivity index (χ3v) is 8.44. The molecule has 0 radical (unpaired) electrons. The normalized spacial score (nSPS) is 16.2. The van der Waals surface area contributed by atoms with Crippen LogP contribution in [0.15, 0.2) is 30.3 Å². The van der Waals surface area contributed by atoms with E-state index in [-0.39, 0.29) is 37.5 Å². The Morgan fingerprint density at radius 1 is 0.712 bits per heavy atom. The van der Waals surface area contributed by atoms with Crippen LogP contribution >= 0.6 is 0 Å². The van der Waals surface area contributed by atoms with Crippen molar-refractivity contribution in [1.29, 1.82) is 0 Å². The van der Waals surface area contributed by atoms with Crippen molar-refractivity contribution in [2.75, 3.05) is 13.2 Å². The Morgan fingerprint density at radius 2 is 1.23 bits per heavy atom. The number of carbonyl (C=O) groups is 8. The van der Waals surface area contributed by atoms with Crippen LogP contribution in [0.3, 0.4) is 0 Å². The smallest absolute Gasteiger partial charge is 0.243 e. The number of aliphatic hydroxyl groups is 1. The highest BCUT2D eigenvalue weighted by Crippen LogP contribution is 2.13. The minimum Gasteiger partial charge on any atom is -0.394 e. The number of aliphatic hydroxyl groups excluding tert-OH is 1. The van der Waals surface area contributed by atoms with Crippen molar-refractivity contribution in [3.05, 3.63) is 35.9 Å². The average Bonchev–Trinajstić information content (AvgIpc) is 3.39. The fourth-order valence-corrected chi connectivity index (χ4v) is 5.65. The average molecular weight is 730 g/mol. The van der Waals surface area contributed by atoms with E-state index in [9.17, 15) is 43.5 Å². The van der Waals surface area contributed by atoms with Crippen LogP contribution in [0, 0.1) is 17.8 Å². The molecule has 16 nitrogen and oxygen atoms in total. The standard InChI is InChI=1S/C36H55N7O9/c1-19(2)14-23(32(37)48)41-33(49)24(15-20(3)4)39-29(47)17-38-36(52)30(21(5)6)43-34(50)25(16-22-10-8-7-9-11-22)42-35(51)26(18-44)40-31-27(45)12-13-28(31)46/h7-11,19-21,23-26,30-31,40,44H,12-18H2,1-6H3,(H2,37,48)(H,38,52)(H,39,47)(H,41,49)(H,42,51)(H,43,50)/t23-,24-,25-,26-,30-/m0/s1. The summed E-state index contributed by atoms with van der Waals surface area (Å²) in [5.74, 6) is -5.45. The molecule has 6 amide bonds. The van der Waals surface area contributed by atoms with Gasteiger partial charge in [-0.15, -0.1) is 0 Å². The van der Waals surface area contributed by atoms with Crippen molar-refractivity contribution in [2.45, 2.75) is 110 Å². The van der Waals surface area contributed by atoms with Gasteiger partial charge in [0.05, 0.1) is 13.2 Å². The number of hydrogen-bond acceptors (Lipinski definition) is 10. The van der Waals surface area contributed by atoms with E-state index in [0.717, 1.165) is 0 Å². The largest absolute Gasteiger partial charge is 0.394 e. The van der Waals surface area contributed by atoms with Gasteiger partial charge in [-0.2, -0.15) is 0 Å². The second kappa shape index (κ2) is 21.0. The van der Waals surface area contributed by atoms with Gasteiger partial charge in [0.2, 0.25) is 35.4 Å². The molecule has 1 saturated carbocycles. The van der Waals surface area contributed by atoms with Gasteiger partial charge in [-0.05, 0) is 36.2 Å². The number of Topliss-reactive ketones (excluding diaryl/α,β-unsaturated/α-hetero) is 2. The van der Waals surface area contributed by atoms with Gasteiger partial charge in [0.1, 0.15) is 36.3 Å². The van der Waals surface area contributed by atoms with Crippen LogP contribution in [0.1, 0.15) is 72.8 Å². The summed E-state index contributed by atoms with van der Waals surface area (Å²) in [6, 6.07) is 1.80. The van der Waals surface area contributed by atoms with Crippen LogP contribution in [0.4, 0.5) is 0 Å². The van der Waals surface area contributed by atoms with E-state index in [4.69, 9.17) is 5.73 Å². The van der Waals surface area contributed by atoms with Crippen molar-refractivity contribution in [3.8, 4) is 0 Å². The van der Waals surface area contributed by atoms with E-state index < -0.39 is 102 Å². The summed E-state index contributed by atoms with van der Waals surface area (Å²) in [7, 11) is 0. The molecule has 0 saturated heterocycles. The third kappa shape index (κ3) is 14.1.